The zero-order valence-electron chi connectivity index (χ0n) is 17.4. The Morgan fingerprint density at radius 2 is 1.78 bits per heavy atom. The molecule has 32 heavy (non-hydrogen) atoms. The van der Waals surface area contributed by atoms with Gasteiger partial charge >= 0.3 is 0 Å². The van der Waals surface area contributed by atoms with Crippen molar-refractivity contribution in [3.63, 3.8) is 0 Å². The number of benzene rings is 2. The number of halogens is 1. The lowest BCUT2D eigenvalue weighted by Crippen LogP contribution is -2.28. The summed E-state index contributed by atoms with van der Waals surface area (Å²) >= 11 is 0. The number of hydrogen-bond donors (Lipinski definition) is 1. The third-order valence-corrected chi connectivity index (χ3v) is 4.62. The molecule has 10 heteroatoms. The van der Waals surface area contributed by atoms with Crippen LogP contribution in [0.4, 0.5) is 4.39 Å². The molecular weight excluding hydrogens is 417 g/mol. The summed E-state index contributed by atoms with van der Waals surface area (Å²) in [5, 5.41) is 15.5. The van der Waals surface area contributed by atoms with E-state index in [9.17, 15) is 9.18 Å². The van der Waals surface area contributed by atoms with Crippen LogP contribution in [0, 0.1) is 5.82 Å². The maximum absolute atomic E-state index is 13.0. The lowest BCUT2D eigenvalue weighted by molar-refractivity contribution is 0.0946. The maximum Gasteiger partial charge on any atom is 0.251 e. The van der Waals surface area contributed by atoms with Crippen molar-refractivity contribution < 1.29 is 23.4 Å². The van der Waals surface area contributed by atoms with Crippen LogP contribution in [0.5, 0.6) is 17.4 Å². The van der Waals surface area contributed by atoms with Crippen molar-refractivity contribution in [3.8, 4) is 28.8 Å². The summed E-state index contributed by atoms with van der Waals surface area (Å²) in [6, 6.07) is 14.1. The molecule has 4 aromatic rings. The molecule has 164 valence electrons. The first-order valence-electron chi connectivity index (χ1n) is 9.70. The molecule has 0 saturated carbocycles. The average Bonchev–Trinajstić information content (AvgIpc) is 3.25. The highest BCUT2D eigenvalue weighted by Gasteiger charge is 2.14. The molecule has 1 N–H and O–H groups in total. The van der Waals surface area contributed by atoms with Crippen molar-refractivity contribution in [1.29, 1.82) is 0 Å². The number of aromatic nitrogens is 4. The molecule has 2 aromatic carbocycles. The van der Waals surface area contributed by atoms with Crippen LogP contribution < -0.4 is 19.5 Å². The molecule has 0 aliphatic rings. The minimum absolute atomic E-state index is 0.194. The number of hydrogen-bond acceptors (Lipinski definition) is 7. The lowest BCUT2D eigenvalue weighted by Gasteiger charge is -2.09. The molecule has 2 aromatic heterocycles. The van der Waals surface area contributed by atoms with E-state index in [1.165, 1.54) is 24.3 Å². The quantitative estimate of drug-likeness (QED) is 0.423. The van der Waals surface area contributed by atoms with Crippen LogP contribution in [0.1, 0.15) is 10.4 Å². The Labute approximate surface area is 182 Å². The second-order valence-corrected chi connectivity index (χ2v) is 6.65. The van der Waals surface area contributed by atoms with Crippen molar-refractivity contribution in [2.45, 2.75) is 0 Å². The Bertz CT molecular complexity index is 1240. The Kier molecular flexibility index (Phi) is 6.11. The summed E-state index contributed by atoms with van der Waals surface area (Å²) in [6.07, 6.45) is 0. The highest BCUT2D eigenvalue weighted by molar-refractivity contribution is 5.94. The van der Waals surface area contributed by atoms with E-state index in [1.54, 1.807) is 43.0 Å². The summed E-state index contributed by atoms with van der Waals surface area (Å²) < 4.78 is 30.8. The van der Waals surface area contributed by atoms with E-state index >= 15 is 0 Å². The van der Waals surface area contributed by atoms with Crippen LogP contribution in [0.2, 0.25) is 0 Å². The van der Waals surface area contributed by atoms with Crippen LogP contribution in [-0.2, 0) is 0 Å². The van der Waals surface area contributed by atoms with Gasteiger partial charge in [0.2, 0.25) is 5.88 Å². The van der Waals surface area contributed by atoms with Crippen molar-refractivity contribution in [2.75, 3.05) is 27.4 Å². The van der Waals surface area contributed by atoms with Gasteiger partial charge in [0, 0.05) is 17.2 Å². The van der Waals surface area contributed by atoms with Gasteiger partial charge in [-0.1, -0.05) is 0 Å². The maximum atomic E-state index is 13.0. The highest BCUT2D eigenvalue weighted by atomic mass is 19.1. The number of ether oxygens (including phenoxy) is 3. The molecule has 4 rings (SSSR count). The fourth-order valence-electron chi connectivity index (χ4n) is 3.03. The zero-order chi connectivity index (χ0) is 22.5. The average molecular weight is 437 g/mol. The van der Waals surface area contributed by atoms with Gasteiger partial charge in [-0.2, -0.15) is 4.52 Å². The predicted molar refractivity (Wildman–Crippen MR) is 114 cm³/mol. The fourth-order valence-corrected chi connectivity index (χ4v) is 3.03. The fraction of sp³-hybridized carbons (Fsp3) is 0.182. The number of methoxy groups -OCH3 is 2. The molecule has 0 spiro atoms. The van der Waals surface area contributed by atoms with Crippen LogP contribution in [0.25, 0.3) is 17.0 Å². The van der Waals surface area contributed by atoms with Crippen LogP contribution >= 0.6 is 0 Å². The van der Waals surface area contributed by atoms with E-state index in [1.807, 2.05) is 6.07 Å². The van der Waals surface area contributed by atoms with Gasteiger partial charge in [0.15, 0.2) is 23.0 Å². The van der Waals surface area contributed by atoms with Gasteiger partial charge in [-0.05, 0) is 48.5 Å². The summed E-state index contributed by atoms with van der Waals surface area (Å²) in [5.41, 5.74) is 1.66. The first-order valence-corrected chi connectivity index (χ1v) is 9.70. The Balaban J connectivity index is 1.43. The molecule has 0 radical (unpaired) electrons. The third-order valence-electron chi connectivity index (χ3n) is 4.62. The molecule has 0 bridgehead atoms. The Hall–Kier alpha value is -4.21. The van der Waals surface area contributed by atoms with Gasteiger partial charge in [0.1, 0.15) is 12.4 Å². The van der Waals surface area contributed by atoms with E-state index in [4.69, 9.17) is 14.2 Å². The second-order valence-electron chi connectivity index (χ2n) is 6.65. The molecule has 9 nitrogen and oxygen atoms in total. The molecular formula is C22H20FN5O4. The third kappa shape index (κ3) is 4.43. The molecule has 0 aliphatic carbocycles. The smallest absolute Gasteiger partial charge is 0.251 e. The first kappa shape index (κ1) is 21.0. The van der Waals surface area contributed by atoms with Gasteiger partial charge in [0.05, 0.1) is 20.8 Å². The number of nitrogens with one attached hydrogen (secondary N) is 1. The van der Waals surface area contributed by atoms with Gasteiger partial charge in [-0.15, -0.1) is 15.3 Å². The molecule has 2 heterocycles. The monoisotopic (exact) mass is 437 g/mol. The number of rotatable bonds is 8. The number of amides is 1. The second kappa shape index (κ2) is 9.29. The standard InChI is InChI=1S/C22H20FN5O4/c1-30-17-8-5-15(13-18(17)31-2)21-26-25-19-9-10-20(27-28(19)21)32-12-11-24-22(29)14-3-6-16(23)7-4-14/h3-10,13H,11-12H2,1-2H3,(H,24,29). The number of carbonyl (C=O) groups excluding carboxylic acids is 1. The summed E-state index contributed by atoms with van der Waals surface area (Å²) in [5.74, 6) is 1.31. The van der Waals surface area contributed by atoms with E-state index in [0.29, 0.717) is 34.4 Å². The molecule has 1 amide bonds. The number of carbonyl (C=O) groups is 1. The summed E-state index contributed by atoms with van der Waals surface area (Å²) in [7, 11) is 3.12. The van der Waals surface area contributed by atoms with E-state index in [-0.39, 0.29) is 19.1 Å². The minimum Gasteiger partial charge on any atom is -0.493 e. The van der Waals surface area contributed by atoms with Crippen molar-refractivity contribution in [2.24, 2.45) is 0 Å². The van der Waals surface area contributed by atoms with Crippen molar-refractivity contribution in [3.05, 3.63) is 66.0 Å². The van der Waals surface area contributed by atoms with E-state index in [2.05, 4.69) is 20.6 Å². The summed E-state index contributed by atoms with van der Waals surface area (Å²) in [6.45, 7) is 0.444. The number of nitrogens with zero attached hydrogens (tertiary/aromatic N) is 4. The molecule has 0 saturated heterocycles. The van der Waals surface area contributed by atoms with Gasteiger partial charge in [-0.25, -0.2) is 4.39 Å². The SMILES string of the molecule is COc1ccc(-c2nnc3ccc(OCCNC(=O)c4ccc(F)cc4)nn23)cc1OC. The van der Waals surface area contributed by atoms with Gasteiger partial charge < -0.3 is 19.5 Å². The van der Waals surface area contributed by atoms with Crippen LogP contribution in [-0.4, -0.2) is 53.1 Å². The number of fused-ring (bicyclic) bond motifs is 1. The lowest BCUT2D eigenvalue weighted by atomic mass is 10.2. The van der Waals surface area contributed by atoms with Gasteiger partial charge in [-0.3, -0.25) is 4.79 Å². The van der Waals surface area contributed by atoms with Crippen LogP contribution in [0.15, 0.2) is 54.6 Å². The molecule has 0 fully saturated rings. The Morgan fingerprint density at radius 3 is 2.53 bits per heavy atom. The highest BCUT2D eigenvalue weighted by Crippen LogP contribution is 2.31. The van der Waals surface area contributed by atoms with Crippen molar-refractivity contribution in [1.82, 2.24) is 25.1 Å². The van der Waals surface area contributed by atoms with Gasteiger partial charge in [0.25, 0.3) is 5.91 Å². The first-order chi connectivity index (χ1) is 15.6. The van der Waals surface area contributed by atoms with Crippen molar-refractivity contribution >= 4 is 11.6 Å². The predicted octanol–water partition coefficient (Wildman–Crippen LogP) is 2.76. The zero-order valence-corrected chi connectivity index (χ0v) is 17.4. The normalized spacial score (nSPS) is 10.7. The minimum atomic E-state index is -0.396. The van der Waals surface area contributed by atoms with E-state index in [0.717, 1.165) is 5.56 Å². The Morgan fingerprint density at radius 1 is 1.00 bits per heavy atom. The largest absolute Gasteiger partial charge is 0.493 e. The molecule has 0 aliphatic heterocycles. The topological polar surface area (TPSA) is 99.9 Å². The molecule has 0 atom stereocenters. The molecule has 0 unspecified atom stereocenters. The summed E-state index contributed by atoms with van der Waals surface area (Å²) in [4.78, 5) is 12.1. The van der Waals surface area contributed by atoms with E-state index < -0.39 is 5.82 Å². The van der Waals surface area contributed by atoms with Crippen LogP contribution in [0.3, 0.4) is 0 Å².